The summed E-state index contributed by atoms with van der Waals surface area (Å²) >= 11 is 0. The molecule has 0 bridgehead atoms. The third kappa shape index (κ3) is 3.57. The number of anilines is 1. The van der Waals surface area contributed by atoms with Crippen LogP contribution in [0.4, 0.5) is 5.69 Å². The molecule has 0 amide bonds. The van der Waals surface area contributed by atoms with Gasteiger partial charge in [-0.15, -0.1) is 0 Å². The standard InChI is InChI=1S/C21H24N2O3S/c1-15-6-7-17(20-14-22(3)13-16(20)2)12-21(15)23(4)27(24,25)19-10-8-18(26-5)9-11-19/h6-14H,1-5H3. The summed E-state index contributed by atoms with van der Waals surface area (Å²) in [5.74, 6) is 0.620. The molecule has 0 spiro atoms. The summed E-state index contributed by atoms with van der Waals surface area (Å²) in [6, 6.07) is 12.3. The number of rotatable bonds is 5. The fourth-order valence-corrected chi connectivity index (χ4v) is 4.42. The summed E-state index contributed by atoms with van der Waals surface area (Å²) in [5, 5.41) is 0. The molecule has 3 rings (SSSR count). The van der Waals surface area contributed by atoms with Gasteiger partial charge in [-0.2, -0.15) is 0 Å². The molecule has 0 N–H and O–H groups in total. The van der Waals surface area contributed by atoms with Gasteiger partial charge in [-0.05, 0) is 60.9 Å². The highest BCUT2D eigenvalue weighted by Crippen LogP contribution is 2.32. The first kappa shape index (κ1) is 19.0. The molecule has 0 aliphatic carbocycles. The van der Waals surface area contributed by atoms with E-state index in [1.165, 1.54) is 4.31 Å². The van der Waals surface area contributed by atoms with Crippen LogP contribution in [0.1, 0.15) is 11.1 Å². The van der Waals surface area contributed by atoms with Crippen molar-refractivity contribution in [1.29, 1.82) is 0 Å². The molecule has 0 unspecified atom stereocenters. The van der Waals surface area contributed by atoms with Crippen molar-refractivity contribution in [2.24, 2.45) is 7.05 Å². The fraction of sp³-hybridized carbons (Fsp3) is 0.238. The van der Waals surface area contributed by atoms with Gasteiger partial charge in [-0.3, -0.25) is 4.31 Å². The molecule has 0 saturated carbocycles. The molecule has 0 fully saturated rings. The number of hydrogen-bond donors (Lipinski definition) is 0. The Labute approximate surface area is 160 Å². The SMILES string of the molecule is COc1ccc(S(=O)(=O)N(C)c2cc(-c3cn(C)cc3C)ccc2C)cc1. The van der Waals surface area contributed by atoms with Crippen LogP contribution in [0.25, 0.3) is 11.1 Å². The lowest BCUT2D eigenvalue weighted by molar-refractivity contribution is 0.414. The van der Waals surface area contributed by atoms with Crippen molar-refractivity contribution in [3.63, 3.8) is 0 Å². The van der Waals surface area contributed by atoms with Crippen molar-refractivity contribution in [3.8, 4) is 16.9 Å². The van der Waals surface area contributed by atoms with Gasteiger partial charge in [0, 0.05) is 32.1 Å². The maximum Gasteiger partial charge on any atom is 0.264 e. The van der Waals surface area contributed by atoms with Gasteiger partial charge in [0.1, 0.15) is 5.75 Å². The maximum absolute atomic E-state index is 13.1. The van der Waals surface area contributed by atoms with E-state index in [2.05, 4.69) is 0 Å². The predicted molar refractivity (Wildman–Crippen MR) is 109 cm³/mol. The van der Waals surface area contributed by atoms with E-state index in [1.54, 1.807) is 38.4 Å². The number of hydrogen-bond acceptors (Lipinski definition) is 3. The van der Waals surface area contributed by atoms with Gasteiger partial charge < -0.3 is 9.30 Å². The summed E-state index contributed by atoms with van der Waals surface area (Å²) in [6.45, 7) is 3.96. The van der Waals surface area contributed by atoms with Gasteiger partial charge in [0.2, 0.25) is 0 Å². The number of benzene rings is 2. The lowest BCUT2D eigenvalue weighted by atomic mass is 10.0. The Morgan fingerprint density at radius 1 is 0.963 bits per heavy atom. The fourth-order valence-electron chi connectivity index (χ4n) is 3.17. The highest BCUT2D eigenvalue weighted by Gasteiger charge is 2.23. The van der Waals surface area contributed by atoms with Gasteiger partial charge in [0.25, 0.3) is 10.0 Å². The zero-order valence-corrected chi connectivity index (χ0v) is 17.0. The van der Waals surface area contributed by atoms with Crippen LogP contribution in [0.5, 0.6) is 5.75 Å². The zero-order valence-electron chi connectivity index (χ0n) is 16.2. The molecule has 3 aromatic rings. The Morgan fingerprint density at radius 2 is 1.63 bits per heavy atom. The topological polar surface area (TPSA) is 51.5 Å². The summed E-state index contributed by atoms with van der Waals surface area (Å²) < 4.78 is 34.6. The molecular formula is C21H24N2O3S. The lowest BCUT2D eigenvalue weighted by Crippen LogP contribution is -2.27. The van der Waals surface area contributed by atoms with Crippen molar-refractivity contribution in [2.45, 2.75) is 18.7 Å². The highest BCUT2D eigenvalue weighted by atomic mass is 32.2. The minimum absolute atomic E-state index is 0.228. The zero-order chi connectivity index (χ0) is 19.8. The maximum atomic E-state index is 13.1. The van der Waals surface area contributed by atoms with E-state index >= 15 is 0 Å². The number of sulfonamides is 1. The van der Waals surface area contributed by atoms with E-state index in [-0.39, 0.29) is 4.90 Å². The molecule has 0 radical (unpaired) electrons. The van der Waals surface area contributed by atoms with Crippen LogP contribution in [0.2, 0.25) is 0 Å². The minimum Gasteiger partial charge on any atom is -0.497 e. The summed E-state index contributed by atoms with van der Waals surface area (Å²) in [7, 11) is 1.45. The Bertz CT molecular complexity index is 1070. The minimum atomic E-state index is -3.67. The van der Waals surface area contributed by atoms with Crippen LogP contribution >= 0.6 is 0 Å². The second kappa shape index (κ2) is 7.12. The van der Waals surface area contributed by atoms with Crippen LogP contribution < -0.4 is 9.04 Å². The van der Waals surface area contributed by atoms with Gasteiger partial charge in [-0.25, -0.2) is 8.42 Å². The Morgan fingerprint density at radius 3 is 2.19 bits per heavy atom. The van der Waals surface area contributed by atoms with Crippen molar-refractivity contribution < 1.29 is 13.2 Å². The van der Waals surface area contributed by atoms with E-state index in [9.17, 15) is 8.42 Å². The normalized spacial score (nSPS) is 11.4. The second-order valence-corrected chi connectivity index (χ2v) is 8.64. The summed E-state index contributed by atoms with van der Waals surface area (Å²) in [5.41, 5.74) is 4.78. The molecule has 1 aromatic heterocycles. The smallest absolute Gasteiger partial charge is 0.264 e. The van der Waals surface area contributed by atoms with Crippen molar-refractivity contribution >= 4 is 15.7 Å². The van der Waals surface area contributed by atoms with Gasteiger partial charge in [-0.1, -0.05) is 12.1 Å². The number of nitrogens with zero attached hydrogens (tertiary/aromatic N) is 2. The average Bonchev–Trinajstić information content (AvgIpc) is 2.99. The van der Waals surface area contributed by atoms with Crippen LogP contribution in [-0.4, -0.2) is 27.1 Å². The Balaban J connectivity index is 2.04. The third-order valence-corrected chi connectivity index (χ3v) is 6.52. The van der Waals surface area contributed by atoms with Crippen molar-refractivity contribution in [1.82, 2.24) is 4.57 Å². The molecule has 5 nitrogen and oxygen atoms in total. The largest absolute Gasteiger partial charge is 0.497 e. The first-order valence-corrected chi connectivity index (χ1v) is 10.0. The van der Waals surface area contributed by atoms with Gasteiger partial charge >= 0.3 is 0 Å². The Hall–Kier alpha value is -2.73. The third-order valence-electron chi connectivity index (χ3n) is 4.73. The molecule has 0 atom stereocenters. The van der Waals surface area contributed by atoms with Gasteiger partial charge in [0.05, 0.1) is 17.7 Å². The van der Waals surface area contributed by atoms with Crippen molar-refractivity contribution in [2.75, 3.05) is 18.5 Å². The molecular weight excluding hydrogens is 360 g/mol. The number of ether oxygens (including phenoxy) is 1. The van der Waals surface area contributed by atoms with Crippen LogP contribution in [0.3, 0.4) is 0 Å². The molecule has 2 aromatic carbocycles. The van der Waals surface area contributed by atoms with Crippen LogP contribution in [0, 0.1) is 13.8 Å². The van der Waals surface area contributed by atoms with Gasteiger partial charge in [0.15, 0.2) is 0 Å². The second-order valence-electron chi connectivity index (χ2n) is 6.67. The van der Waals surface area contributed by atoms with E-state index in [0.717, 1.165) is 22.3 Å². The number of aromatic nitrogens is 1. The molecule has 27 heavy (non-hydrogen) atoms. The van der Waals surface area contributed by atoms with Crippen molar-refractivity contribution in [3.05, 3.63) is 66.0 Å². The Kier molecular flexibility index (Phi) is 5.02. The molecule has 1 heterocycles. The highest BCUT2D eigenvalue weighted by molar-refractivity contribution is 7.92. The van der Waals surface area contributed by atoms with Crippen LogP contribution in [0.15, 0.2) is 59.8 Å². The number of aryl methyl sites for hydroxylation is 3. The summed E-state index contributed by atoms with van der Waals surface area (Å²) in [4.78, 5) is 0.228. The first-order valence-electron chi connectivity index (χ1n) is 8.60. The average molecular weight is 385 g/mol. The molecule has 0 aliphatic rings. The van der Waals surface area contributed by atoms with E-state index in [1.807, 2.05) is 56.1 Å². The lowest BCUT2D eigenvalue weighted by Gasteiger charge is -2.22. The van der Waals surface area contributed by atoms with E-state index in [0.29, 0.717) is 11.4 Å². The quantitative estimate of drug-likeness (QED) is 0.664. The van der Waals surface area contributed by atoms with Crippen LogP contribution in [-0.2, 0) is 17.1 Å². The molecule has 0 saturated heterocycles. The van der Waals surface area contributed by atoms with E-state index in [4.69, 9.17) is 4.74 Å². The first-order chi connectivity index (χ1) is 12.7. The molecule has 0 aliphatic heterocycles. The predicted octanol–water partition coefficient (Wildman–Crippen LogP) is 4.14. The molecule has 6 heteroatoms. The molecule has 142 valence electrons. The summed E-state index contributed by atoms with van der Waals surface area (Å²) in [6.07, 6.45) is 4.09. The number of methoxy groups -OCH3 is 1. The monoisotopic (exact) mass is 384 g/mol. The van der Waals surface area contributed by atoms with E-state index < -0.39 is 10.0 Å².